The third kappa shape index (κ3) is 3.08. The van der Waals surface area contributed by atoms with E-state index < -0.39 is 6.10 Å². The van der Waals surface area contributed by atoms with Crippen molar-refractivity contribution in [3.63, 3.8) is 0 Å². The van der Waals surface area contributed by atoms with E-state index in [0.29, 0.717) is 28.7 Å². The van der Waals surface area contributed by atoms with Gasteiger partial charge in [-0.1, -0.05) is 12.1 Å². The summed E-state index contributed by atoms with van der Waals surface area (Å²) in [7, 11) is 3.12. The number of ether oxygens (including phenoxy) is 4. The summed E-state index contributed by atoms with van der Waals surface area (Å²) in [6.07, 6.45) is -0.715. The number of benzene rings is 2. The van der Waals surface area contributed by atoms with Crippen LogP contribution in [0.2, 0.25) is 0 Å². The summed E-state index contributed by atoms with van der Waals surface area (Å²) in [5, 5.41) is 2.86. The molecule has 6 heteroatoms. The fraction of sp³-hybridized carbons (Fsp3) is 0.278. The predicted octanol–water partition coefficient (Wildman–Crippen LogP) is 2.79. The summed E-state index contributed by atoms with van der Waals surface area (Å²) in [5.41, 5.74) is 1.50. The van der Waals surface area contributed by atoms with E-state index in [9.17, 15) is 4.79 Å². The van der Waals surface area contributed by atoms with Crippen LogP contribution >= 0.6 is 0 Å². The van der Waals surface area contributed by atoms with Crippen molar-refractivity contribution in [2.75, 3.05) is 26.1 Å². The molecule has 1 aliphatic heterocycles. The molecule has 0 unspecified atom stereocenters. The molecule has 126 valence electrons. The second kappa shape index (κ2) is 6.70. The van der Waals surface area contributed by atoms with Gasteiger partial charge in [0.2, 0.25) is 6.10 Å². The molecule has 2 aromatic rings. The highest BCUT2D eigenvalue weighted by atomic mass is 16.6. The highest BCUT2D eigenvalue weighted by Crippen LogP contribution is 2.34. The molecule has 1 atom stereocenters. The average Bonchev–Trinajstić information content (AvgIpc) is 2.62. The van der Waals surface area contributed by atoms with Crippen LogP contribution in [0.4, 0.5) is 5.69 Å². The molecule has 0 fully saturated rings. The van der Waals surface area contributed by atoms with Crippen LogP contribution in [0.15, 0.2) is 36.4 Å². The van der Waals surface area contributed by atoms with Gasteiger partial charge in [0.1, 0.15) is 6.61 Å². The minimum Gasteiger partial charge on any atom is -0.493 e. The molecule has 6 nitrogen and oxygen atoms in total. The van der Waals surface area contributed by atoms with Crippen LogP contribution in [-0.4, -0.2) is 32.8 Å². The number of carbonyl (C=O) groups excluding carboxylic acids is 1. The molecule has 0 aromatic heterocycles. The quantitative estimate of drug-likeness (QED) is 0.934. The molecule has 1 aliphatic rings. The van der Waals surface area contributed by atoms with Crippen LogP contribution in [0.1, 0.15) is 5.56 Å². The van der Waals surface area contributed by atoms with Crippen molar-refractivity contribution in [1.29, 1.82) is 0 Å². The minimum absolute atomic E-state index is 0.162. The minimum atomic E-state index is -0.715. The van der Waals surface area contributed by atoms with Gasteiger partial charge in [0.15, 0.2) is 23.0 Å². The number of nitrogens with one attached hydrogen (secondary N) is 1. The first-order valence-electron chi connectivity index (χ1n) is 7.54. The summed E-state index contributed by atoms with van der Waals surface area (Å²) >= 11 is 0. The second-order valence-corrected chi connectivity index (χ2v) is 5.38. The van der Waals surface area contributed by atoms with E-state index in [1.165, 1.54) is 0 Å². The van der Waals surface area contributed by atoms with Crippen molar-refractivity contribution >= 4 is 11.6 Å². The van der Waals surface area contributed by atoms with Gasteiger partial charge in [-0.05, 0) is 30.7 Å². The number of carbonyl (C=O) groups is 1. The Hall–Kier alpha value is -2.89. The smallest absolute Gasteiger partial charge is 0.269 e. The first-order valence-corrected chi connectivity index (χ1v) is 7.54. The molecule has 0 aliphatic carbocycles. The SMILES string of the molecule is COc1cc(C)c(NC(=O)[C@@H]2COc3ccccc3O2)cc1OC. The number of fused-ring (bicyclic) bond motifs is 1. The standard InChI is InChI=1S/C18H19NO5/c1-11-8-15(21-2)16(22-3)9-12(11)19-18(20)17-10-23-13-6-4-5-7-14(13)24-17/h4-9,17H,10H2,1-3H3,(H,19,20)/t17-/m0/s1. The van der Waals surface area contributed by atoms with E-state index in [-0.39, 0.29) is 12.5 Å². The van der Waals surface area contributed by atoms with Gasteiger partial charge in [-0.3, -0.25) is 4.79 Å². The fourth-order valence-corrected chi connectivity index (χ4v) is 2.48. The summed E-state index contributed by atoms with van der Waals surface area (Å²) < 4.78 is 21.8. The van der Waals surface area contributed by atoms with E-state index in [4.69, 9.17) is 18.9 Å². The number of anilines is 1. The average molecular weight is 329 g/mol. The number of aryl methyl sites for hydroxylation is 1. The molecule has 0 saturated heterocycles. The lowest BCUT2D eigenvalue weighted by molar-refractivity contribution is -0.125. The fourth-order valence-electron chi connectivity index (χ4n) is 2.48. The van der Waals surface area contributed by atoms with Crippen molar-refractivity contribution < 1.29 is 23.7 Å². The molecule has 1 heterocycles. The normalized spacial score (nSPS) is 15.5. The third-order valence-corrected chi connectivity index (χ3v) is 3.79. The van der Waals surface area contributed by atoms with E-state index in [1.807, 2.05) is 31.2 Å². The van der Waals surface area contributed by atoms with E-state index in [1.54, 1.807) is 26.4 Å². The second-order valence-electron chi connectivity index (χ2n) is 5.38. The lowest BCUT2D eigenvalue weighted by Crippen LogP contribution is -2.40. The largest absolute Gasteiger partial charge is 0.493 e. The Morgan fingerprint density at radius 1 is 1.12 bits per heavy atom. The molecule has 1 N–H and O–H groups in total. The maximum absolute atomic E-state index is 12.5. The molecule has 3 rings (SSSR count). The Labute approximate surface area is 140 Å². The summed E-state index contributed by atoms with van der Waals surface area (Å²) in [5.74, 6) is 2.08. The number of hydrogen-bond donors (Lipinski definition) is 1. The first-order chi connectivity index (χ1) is 11.6. The third-order valence-electron chi connectivity index (χ3n) is 3.79. The number of amides is 1. The van der Waals surface area contributed by atoms with Crippen LogP contribution in [0, 0.1) is 6.92 Å². The van der Waals surface area contributed by atoms with Crippen LogP contribution in [0.5, 0.6) is 23.0 Å². The van der Waals surface area contributed by atoms with Gasteiger partial charge in [-0.25, -0.2) is 0 Å². The summed E-state index contributed by atoms with van der Waals surface area (Å²) in [4.78, 5) is 12.5. The molecular formula is C18H19NO5. The highest BCUT2D eigenvalue weighted by Gasteiger charge is 2.27. The zero-order chi connectivity index (χ0) is 17.1. The first kappa shape index (κ1) is 16.0. The lowest BCUT2D eigenvalue weighted by atomic mass is 10.1. The maximum atomic E-state index is 12.5. The van der Waals surface area contributed by atoms with E-state index >= 15 is 0 Å². The Balaban J connectivity index is 1.76. The van der Waals surface area contributed by atoms with Crippen LogP contribution in [0.3, 0.4) is 0 Å². The number of para-hydroxylation sites is 2. The molecule has 1 amide bonds. The van der Waals surface area contributed by atoms with Crippen molar-refractivity contribution in [1.82, 2.24) is 0 Å². The molecule has 0 spiro atoms. The number of methoxy groups -OCH3 is 2. The van der Waals surface area contributed by atoms with Gasteiger partial charge in [-0.2, -0.15) is 0 Å². The van der Waals surface area contributed by atoms with Gasteiger partial charge >= 0.3 is 0 Å². The Morgan fingerprint density at radius 2 is 1.79 bits per heavy atom. The van der Waals surface area contributed by atoms with Crippen LogP contribution < -0.4 is 24.3 Å². The van der Waals surface area contributed by atoms with Crippen molar-refractivity contribution in [3.8, 4) is 23.0 Å². The summed E-state index contributed by atoms with van der Waals surface area (Å²) in [6.45, 7) is 2.04. The topological polar surface area (TPSA) is 66.0 Å². The van der Waals surface area contributed by atoms with E-state index in [0.717, 1.165) is 5.56 Å². The van der Waals surface area contributed by atoms with Gasteiger partial charge in [0, 0.05) is 11.8 Å². The maximum Gasteiger partial charge on any atom is 0.269 e. The Bertz CT molecular complexity index is 759. The number of rotatable bonds is 4. The zero-order valence-electron chi connectivity index (χ0n) is 13.8. The van der Waals surface area contributed by atoms with Gasteiger partial charge in [0.05, 0.1) is 14.2 Å². The van der Waals surface area contributed by atoms with Crippen molar-refractivity contribution in [2.45, 2.75) is 13.0 Å². The molecule has 0 radical (unpaired) electrons. The predicted molar refractivity (Wildman–Crippen MR) is 89.3 cm³/mol. The van der Waals surface area contributed by atoms with Crippen molar-refractivity contribution in [2.24, 2.45) is 0 Å². The highest BCUT2D eigenvalue weighted by molar-refractivity contribution is 5.95. The molecule has 0 saturated carbocycles. The molecular weight excluding hydrogens is 310 g/mol. The van der Waals surface area contributed by atoms with Gasteiger partial charge in [0.25, 0.3) is 5.91 Å². The van der Waals surface area contributed by atoms with E-state index in [2.05, 4.69) is 5.32 Å². The molecule has 0 bridgehead atoms. The summed E-state index contributed by atoms with van der Waals surface area (Å²) in [6, 6.07) is 10.8. The van der Waals surface area contributed by atoms with Crippen LogP contribution in [-0.2, 0) is 4.79 Å². The van der Waals surface area contributed by atoms with Crippen molar-refractivity contribution in [3.05, 3.63) is 42.0 Å². The Morgan fingerprint density at radius 3 is 2.50 bits per heavy atom. The van der Waals surface area contributed by atoms with Gasteiger partial charge in [-0.15, -0.1) is 0 Å². The zero-order valence-corrected chi connectivity index (χ0v) is 13.8. The monoisotopic (exact) mass is 329 g/mol. The molecule has 24 heavy (non-hydrogen) atoms. The van der Waals surface area contributed by atoms with Gasteiger partial charge < -0.3 is 24.3 Å². The Kier molecular flexibility index (Phi) is 4.46. The molecule has 2 aromatic carbocycles. The number of hydrogen-bond acceptors (Lipinski definition) is 5. The lowest BCUT2D eigenvalue weighted by Gasteiger charge is -2.26. The van der Waals surface area contributed by atoms with Crippen LogP contribution in [0.25, 0.3) is 0 Å².